The quantitative estimate of drug-likeness (QED) is 0.148. The number of aryl methyl sites for hydroxylation is 1. The van der Waals surface area contributed by atoms with Gasteiger partial charge in [0.1, 0.15) is 6.10 Å². The summed E-state index contributed by atoms with van der Waals surface area (Å²) in [6.07, 6.45) is 19.3. The van der Waals surface area contributed by atoms with Gasteiger partial charge in [-0.25, -0.2) is 0 Å². The molecule has 0 aliphatic heterocycles. The second-order valence-electron chi connectivity index (χ2n) is 20.0. The predicted octanol–water partition coefficient (Wildman–Crippen LogP) is 13.8. The van der Waals surface area contributed by atoms with E-state index in [-0.39, 0.29) is 34.4 Å². The van der Waals surface area contributed by atoms with Crippen molar-refractivity contribution in [3.63, 3.8) is 0 Å². The van der Waals surface area contributed by atoms with Crippen LogP contribution in [0.15, 0.2) is 35.4 Å². The zero-order valence-corrected chi connectivity index (χ0v) is 38.1. The van der Waals surface area contributed by atoms with E-state index in [0.29, 0.717) is 17.3 Å². The zero-order chi connectivity index (χ0) is 38.0. The Kier molecular flexibility index (Phi) is 14.1. The number of thiophene rings is 1. The molecule has 4 rings (SSSR count). The number of hydrogen-bond acceptors (Lipinski definition) is 5. The molecule has 1 aromatic rings. The highest BCUT2D eigenvalue weighted by Gasteiger charge is 2.50. The summed E-state index contributed by atoms with van der Waals surface area (Å²) in [6, 6.07) is 4.37. The van der Waals surface area contributed by atoms with Crippen molar-refractivity contribution in [3.05, 3.63) is 45.2 Å². The minimum absolute atomic E-state index is 0.109. The van der Waals surface area contributed by atoms with Gasteiger partial charge in [-0.3, -0.25) is 4.79 Å². The topological polar surface area (TPSA) is 44.8 Å². The lowest BCUT2D eigenvalue weighted by Gasteiger charge is -2.45. The van der Waals surface area contributed by atoms with Gasteiger partial charge >= 0.3 is 5.97 Å². The molecule has 0 bridgehead atoms. The third-order valence-electron chi connectivity index (χ3n) is 14.1. The smallest absolute Gasteiger partial charge is 0.303 e. The van der Waals surface area contributed by atoms with Gasteiger partial charge in [-0.1, -0.05) is 92.0 Å². The molecule has 3 saturated carbocycles. The van der Waals surface area contributed by atoms with Gasteiger partial charge in [0.15, 0.2) is 16.6 Å². The highest BCUT2D eigenvalue weighted by Crippen LogP contribution is 2.60. The number of rotatable bonds is 13. The molecule has 4 nitrogen and oxygen atoms in total. The number of fused-ring (bicyclic) bond motifs is 1. The Bertz CT molecular complexity index is 1340. The van der Waals surface area contributed by atoms with Crippen molar-refractivity contribution in [3.8, 4) is 0 Å². The normalized spacial score (nSPS) is 28.4. The Morgan fingerprint density at radius 1 is 0.961 bits per heavy atom. The lowest BCUT2D eigenvalue weighted by molar-refractivity contribution is -0.147. The van der Waals surface area contributed by atoms with Gasteiger partial charge in [0, 0.05) is 16.7 Å². The van der Waals surface area contributed by atoms with Crippen molar-refractivity contribution in [1.82, 2.24) is 0 Å². The summed E-state index contributed by atoms with van der Waals surface area (Å²) in [6.45, 7) is 32.6. The molecule has 1 heterocycles. The van der Waals surface area contributed by atoms with E-state index in [1.807, 2.05) is 0 Å². The molecule has 51 heavy (non-hydrogen) atoms. The molecule has 0 radical (unpaired) electrons. The fourth-order valence-corrected chi connectivity index (χ4v) is 12.9. The average Bonchev–Trinajstić information content (AvgIpc) is 3.62. The lowest BCUT2D eigenvalue weighted by atomic mass is 9.60. The van der Waals surface area contributed by atoms with Crippen LogP contribution in [-0.4, -0.2) is 34.8 Å². The van der Waals surface area contributed by atoms with Crippen molar-refractivity contribution in [2.45, 2.75) is 201 Å². The lowest BCUT2D eigenvalue weighted by Crippen LogP contribution is -2.48. The monoisotopic (exact) mass is 757 g/mol. The van der Waals surface area contributed by atoms with E-state index in [2.05, 4.69) is 113 Å². The summed E-state index contributed by atoms with van der Waals surface area (Å²) in [5.74, 6) is 1.93. The first kappa shape index (κ1) is 42.7. The van der Waals surface area contributed by atoms with Gasteiger partial charge in [-0.2, -0.15) is 0 Å². The Morgan fingerprint density at radius 2 is 1.57 bits per heavy atom. The fourth-order valence-electron chi connectivity index (χ4n) is 9.11. The van der Waals surface area contributed by atoms with Crippen LogP contribution in [0.25, 0.3) is 0 Å². The molecule has 3 fully saturated rings. The van der Waals surface area contributed by atoms with Gasteiger partial charge in [0.2, 0.25) is 0 Å². The molecule has 3 aliphatic carbocycles. The number of allylic oxidation sites excluding steroid dienone is 3. The van der Waals surface area contributed by atoms with Crippen LogP contribution in [0.3, 0.4) is 0 Å². The van der Waals surface area contributed by atoms with Crippen molar-refractivity contribution in [2.24, 2.45) is 23.2 Å². The van der Waals surface area contributed by atoms with Crippen LogP contribution < -0.4 is 0 Å². The molecule has 0 saturated heterocycles. The maximum atomic E-state index is 12.0. The average molecular weight is 757 g/mol. The van der Waals surface area contributed by atoms with Gasteiger partial charge in [-0.05, 0) is 142 Å². The molecule has 290 valence electrons. The van der Waals surface area contributed by atoms with Gasteiger partial charge in [0.05, 0.1) is 12.2 Å². The van der Waals surface area contributed by atoms with Gasteiger partial charge in [0.25, 0.3) is 0 Å². The van der Waals surface area contributed by atoms with Crippen LogP contribution in [0, 0.1) is 23.2 Å². The summed E-state index contributed by atoms with van der Waals surface area (Å²) in [7, 11) is -3.80. The number of carbonyl (C=O) groups excluding carboxylic acids is 1. The standard InChI is InChI=1S/C44H76O4SSi2/c1-15-37-23-26-41(49-37)40(46-32(3)45)20-16-18-31(2)38-24-25-39-34(19-17-27-44(38,39)10)22-21-33-28-35(47-50(11,12)42(4,5)6)30-36(29-33)48-51(13,14)43(7,8)9/h21-23,26,31,35-36,38-40H,15-20,24-25,27-30H2,1-14H3/b34-22+/t31-,35-,36-,38-,39+,40?,44-/m1/s1. The first-order valence-electron chi connectivity index (χ1n) is 20.6. The zero-order valence-electron chi connectivity index (χ0n) is 35.3. The Labute approximate surface area is 320 Å². The van der Waals surface area contributed by atoms with E-state index in [9.17, 15) is 4.79 Å². The third kappa shape index (κ3) is 10.6. The van der Waals surface area contributed by atoms with E-state index >= 15 is 0 Å². The molecular weight excluding hydrogens is 681 g/mol. The van der Waals surface area contributed by atoms with E-state index in [4.69, 9.17) is 13.6 Å². The predicted molar refractivity (Wildman–Crippen MR) is 224 cm³/mol. The molecule has 3 aliphatic rings. The largest absolute Gasteiger partial charge is 0.457 e. The van der Waals surface area contributed by atoms with Crippen molar-refractivity contribution < 1.29 is 18.4 Å². The second kappa shape index (κ2) is 16.8. The van der Waals surface area contributed by atoms with Crippen molar-refractivity contribution >= 4 is 33.9 Å². The molecule has 7 heteroatoms. The molecule has 0 spiro atoms. The Balaban J connectivity index is 1.47. The van der Waals surface area contributed by atoms with Crippen molar-refractivity contribution in [2.75, 3.05) is 0 Å². The summed E-state index contributed by atoms with van der Waals surface area (Å²) in [4.78, 5) is 14.5. The first-order chi connectivity index (χ1) is 23.6. The molecule has 0 N–H and O–H groups in total. The molecular formula is C44H76O4SSi2. The number of carbonyl (C=O) groups is 1. The first-order valence-corrected chi connectivity index (χ1v) is 27.2. The molecule has 0 amide bonds. The number of hydrogen-bond donors (Lipinski definition) is 0. The molecule has 7 atom stereocenters. The van der Waals surface area contributed by atoms with Crippen LogP contribution in [0.1, 0.15) is 156 Å². The van der Waals surface area contributed by atoms with E-state index in [0.717, 1.165) is 44.4 Å². The van der Waals surface area contributed by atoms with E-state index in [1.165, 1.54) is 53.9 Å². The van der Waals surface area contributed by atoms with Crippen LogP contribution in [0.4, 0.5) is 0 Å². The van der Waals surface area contributed by atoms with Crippen LogP contribution in [-0.2, 0) is 24.8 Å². The Morgan fingerprint density at radius 3 is 2.10 bits per heavy atom. The molecule has 1 unspecified atom stereocenters. The maximum Gasteiger partial charge on any atom is 0.303 e. The number of esters is 1. The molecule has 1 aromatic heterocycles. The second-order valence-corrected chi connectivity index (χ2v) is 30.7. The summed E-state index contributed by atoms with van der Waals surface area (Å²) in [5, 5.41) is 0.392. The number of ether oxygens (including phenoxy) is 1. The van der Waals surface area contributed by atoms with Gasteiger partial charge < -0.3 is 13.6 Å². The maximum absolute atomic E-state index is 12.0. The van der Waals surface area contributed by atoms with Gasteiger partial charge in [-0.15, -0.1) is 11.3 Å². The van der Waals surface area contributed by atoms with Crippen LogP contribution in [0.5, 0.6) is 0 Å². The van der Waals surface area contributed by atoms with Crippen molar-refractivity contribution in [1.29, 1.82) is 0 Å². The summed E-state index contributed by atoms with van der Waals surface area (Å²) < 4.78 is 20.0. The Hall–Kier alpha value is -0.996. The minimum atomic E-state index is -1.90. The highest BCUT2D eigenvalue weighted by molar-refractivity contribution is 7.12. The summed E-state index contributed by atoms with van der Waals surface area (Å²) >= 11 is 1.80. The minimum Gasteiger partial charge on any atom is -0.457 e. The molecule has 0 aromatic carbocycles. The van der Waals surface area contributed by atoms with Crippen LogP contribution in [0.2, 0.25) is 36.3 Å². The SMILES string of the molecule is CCc1ccc(C(CCC[C@@H](C)[C@H]2CC[C@H]3/C(=C/C=C4C[C@@H](O[Si](C)(C)C(C)(C)C)C[C@H](O[Si](C)(C)C(C)(C)C)C4)CCC[C@]23C)OC(C)=O)s1. The fraction of sp³-hybridized carbons (Fsp3) is 0.795. The third-order valence-corrected chi connectivity index (χ3v) is 24.5. The summed E-state index contributed by atoms with van der Waals surface area (Å²) in [5.41, 5.74) is 3.59. The van der Waals surface area contributed by atoms with E-state index < -0.39 is 16.6 Å². The van der Waals surface area contributed by atoms with E-state index in [1.54, 1.807) is 23.8 Å². The van der Waals surface area contributed by atoms with Crippen LogP contribution >= 0.6 is 11.3 Å². The highest BCUT2D eigenvalue weighted by atomic mass is 32.1.